The summed E-state index contributed by atoms with van der Waals surface area (Å²) in [6, 6.07) is 10.9. The number of nitro groups is 1. The van der Waals surface area contributed by atoms with Crippen molar-refractivity contribution in [3.8, 4) is 17.1 Å². The maximum absolute atomic E-state index is 12.2. The quantitative estimate of drug-likeness (QED) is 0.591. The molecule has 0 aliphatic rings. The van der Waals surface area contributed by atoms with Crippen LogP contribution in [-0.4, -0.2) is 22.0 Å². The minimum absolute atomic E-state index is 0.0602. The van der Waals surface area contributed by atoms with Crippen LogP contribution in [0.25, 0.3) is 22.3 Å². The molecule has 1 heterocycles. The van der Waals surface area contributed by atoms with Crippen molar-refractivity contribution < 1.29 is 9.66 Å². The molecule has 1 aromatic heterocycles. The van der Waals surface area contributed by atoms with Crippen molar-refractivity contribution in [3.63, 3.8) is 0 Å². The number of nitrogens with one attached hydrogen (secondary N) is 1. The maximum atomic E-state index is 12.2. The van der Waals surface area contributed by atoms with E-state index in [2.05, 4.69) is 9.97 Å². The number of H-pyrrole nitrogens is 1. The second-order valence-corrected chi connectivity index (χ2v) is 4.61. The van der Waals surface area contributed by atoms with Gasteiger partial charge in [-0.15, -0.1) is 0 Å². The molecule has 0 unspecified atom stereocenters. The van der Waals surface area contributed by atoms with Gasteiger partial charge in [-0.2, -0.15) is 0 Å². The van der Waals surface area contributed by atoms with Crippen molar-refractivity contribution in [3.05, 3.63) is 62.9 Å². The fourth-order valence-electron chi connectivity index (χ4n) is 2.15. The highest BCUT2D eigenvalue weighted by molar-refractivity contribution is 5.81. The van der Waals surface area contributed by atoms with Gasteiger partial charge < -0.3 is 9.72 Å². The topological polar surface area (TPSA) is 98.1 Å². The molecule has 0 radical (unpaired) electrons. The number of nitro benzene ring substituents is 1. The smallest absolute Gasteiger partial charge is 0.270 e. The number of nitrogens with zero attached hydrogens (tertiary/aromatic N) is 2. The van der Waals surface area contributed by atoms with E-state index in [-0.39, 0.29) is 17.1 Å². The normalized spacial score (nSPS) is 10.6. The van der Waals surface area contributed by atoms with Gasteiger partial charge in [-0.25, -0.2) is 4.98 Å². The summed E-state index contributed by atoms with van der Waals surface area (Å²) in [5.74, 6) is 0.842. The number of ether oxygens (including phenoxy) is 1. The monoisotopic (exact) mass is 297 g/mol. The van der Waals surface area contributed by atoms with E-state index < -0.39 is 4.92 Å². The number of fused-ring (bicyclic) bond motifs is 1. The number of hydrogen-bond acceptors (Lipinski definition) is 5. The molecule has 0 fully saturated rings. The van der Waals surface area contributed by atoms with Crippen LogP contribution in [0.5, 0.6) is 5.75 Å². The van der Waals surface area contributed by atoms with Crippen molar-refractivity contribution in [2.45, 2.75) is 0 Å². The van der Waals surface area contributed by atoms with Crippen LogP contribution in [-0.2, 0) is 0 Å². The molecule has 0 spiro atoms. The number of non-ortho nitro benzene ring substituents is 1. The molecule has 2 aromatic carbocycles. The summed E-state index contributed by atoms with van der Waals surface area (Å²) in [5, 5.41) is 11.2. The van der Waals surface area contributed by atoms with E-state index in [1.54, 1.807) is 30.3 Å². The first kappa shape index (κ1) is 13.7. The molecule has 0 amide bonds. The van der Waals surface area contributed by atoms with Crippen LogP contribution in [0.2, 0.25) is 0 Å². The lowest BCUT2D eigenvalue weighted by Crippen LogP contribution is -2.09. The Morgan fingerprint density at radius 2 is 2.05 bits per heavy atom. The summed E-state index contributed by atoms with van der Waals surface area (Å²) in [7, 11) is 1.51. The Morgan fingerprint density at radius 1 is 1.23 bits per heavy atom. The maximum Gasteiger partial charge on any atom is 0.270 e. The molecule has 110 valence electrons. The van der Waals surface area contributed by atoms with Crippen LogP contribution in [0.15, 0.2) is 47.3 Å². The summed E-state index contributed by atoms with van der Waals surface area (Å²) in [5.41, 5.74) is 0.579. The van der Waals surface area contributed by atoms with Crippen LogP contribution >= 0.6 is 0 Å². The van der Waals surface area contributed by atoms with Gasteiger partial charge in [0.05, 0.1) is 22.9 Å². The van der Waals surface area contributed by atoms with E-state index in [1.807, 2.05) is 0 Å². The van der Waals surface area contributed by atoms with Crippen LogP contribution in [0.4, 0.5) is 5.69 Å². The van der Waals surface area contributed by atoms with E-state index in [9.17, 15) is 14.9 Å². The zero-order chi connectivity index (χ0) is 15.7. The summed E-state index contributed by atoms with van der Waals surface area (Å²) in [6.45, 7) is 0. The van der Waals surface area contributed by atoms with Gasteiger partial charge in [0.1, 0.15) is 11.6 Å². The second kappa shape index (κ2) is 5.28. The second-order valence-electron chi connectivity index (χ2n) is 4.61. The van der Waals surface area contributed by atoms with Gasteiger partial charge in [0, 0.05) is 17.7 Å². The number of benzene rings is 2. The molecular weight excluding hydrogens is 286 g/mol. The number of aromatic amines is 1. The van der Waals surface area contributed by atoms with E-state index in [4.69, 9.17) is 4.74 Å². The molecule has 3 rings (SSSR count). The zero-order valence-electron chi connectivity index (χ0n) is 11.6. The van der Waals surface area contributed by atoms with Crippen LogP contribution in [0.3, 0.4) is 0 Å². The number of methoxy groups -OCH3 is 1. The first-order chi connectivity index (χ1) is 10.6. The Morgan fingerprint density at radius 3 is 2.77 bits per heavy atom. The van der Waals surface area contributed by atoms with Crippen LogP contribution < -0.4 is 10.3 Å². The molecule has 22 heavy (non-hydrogen) atoms. The molecule has 0 saturated carbocycles. The summed E-state index contributed by atoms with van der Waals surface area (Å²) in [4.78, 5) is 29.5. The largest absolute Gasteiger partial charge is 0.497 e. The van der Waals surface area contributed by atoms with Crippen molar-refractivity contribution in [2.75, 3.05) is 7.11 Å². The van der Waals surface area contributed by atoms with Crippen molar-refractivity contribution in [1.29, 1.82) is 0 Å². The minimum atomic E-state index is -0.493. The third-order valence-corrected chi connectivity index (χ3v) is 3.24. The molecule has 7 nitrogen and oxygen atoms in total. The van der Waals surface area contributed by atoms with Gasteiger partial charge in [0.15, 0.2) is 0 Å². The van der Waals surface area contributed by atoms with Gasteiger partial charge >= 0.3 is 0 Å². The standard InChI is InChI=1S/C15H11N3O4/c1-22-11-5-6-13-12(8-11)15(19)17-14(16-13)9-3-2-4-10(7-9)18(20)21/h2-8H,1H3,(H,16,17,19). The van der Waals surface area contributed by atoms with Crippen LogP contribution in [0.1, 0.15) is 0 Å². The van der Waals surface area contributed by atoms with E-state index in [0.29, 0.717) is 22.2 Å². The molecule has 0 aliphatic heterocycles. The highest BCUT2D eigenvalue weighted by Gasteiger charge is 2.11. The van der Waals surface area contributed by atoms with Gasteiger partial charge in [-0.05, 0) is 18.2 Å². The highest BCUT2D eigenvalue weighted by atomic mass is 16.6. The Bertz CT molecular complexity index is 933. The number of hydrogen-bond donors (Lipinski definition) is 1. The van der Waals surface area contributed by atoms with Crippen LogP contribution in [0, 0.1) is 10.1 Å². The van der Waals surface area contributed by atoms with Gasteiger partial charge in [0.2, 0.25) is 0 Å². The minimum Gasteiger partial charge on any atom is -0.497 e. The summed E-state index contributed by atoms with van der Waals surface area (Å²) >= 11 is 0. The molecule has 3 aromatic rings. The highest BCUT2D eigenvalue weighted by Crippen LogP contribution is 2.22. The number of rotatable bonds is 3. The lowest BCUT2D eigenvalue weighted by Gasteiger charge is -2.05. The fourth-order valence-corrected chi connectivity index (χ4v) is 2.15. The van der Waals surface area contributed by atoms with Gasteiger partial charge in [-0.1, -0.05) is 12.1 Å². The average Bonchev–Trinajstić information content (AvgIpc) is 2.54. The third kappa shape index (κ3) is 2.39. The summed E-state index contributed by atoms with van der Waals surface area (Å²) < 4.78 is 5.08. The Kier molecular flexibility index (Phi) is 3.30. The molecule has 7 heteroatoms. The molecule has 0 saturated heterocycles. The van der Waals surface area contributed by atoms with E-state index >= 15 is 0 Å². The first-order valence-corrected chi connectivity index (χ1v) is 6.41. The lowest BCUT2D eigenvalue weighted by atomic mass is 10.1. The molecule has 1 N–H and O–H groups in total. The summed E-state index contributed by atoms with van der Waals surface area (Å²) in [6.07, 6.45) is 0. The third-order valence-electron chi connectivity index (χ3n) is 3.24. The van der Waals surface area contributed by atoms with E-state index in [1.165, 1.54) is 19.2 Å². The molecule has 0 bridgehead atoms. The number of aromatic nitrogens is 2. The fraction of sp³-hybridized carbons (Fsp3) is 0.0667. The van der Waals surface area contributed by atoms with Gasteiger partial charge in [0.25, 0.3) is 11.2 Å². The van der Waals surface area contributed by atoms with Gasteiger partial charge in [-0.3, -0.25) is 14.9 Å². The Hall–Kier alpha value is -3.22. The predicted octanol–water partition coefficient (Wildman–Crippen LogP) is 2.51. The molecule has 0 atom stereocenters. The lowest BCUT2D eigenvalue weighted by molar-refractivity contribution is -0.384. The van der Waals surface area contributed by atoms with E-state index in [0.717, 1.165) is 0 Å². The SMILES string of the molecule is COc1ccc2nc(-c3cccc([N+](=O)[O-])c3)[nH]c(=O)c2c1. The average molecular weight is 297 g/mol. The first-order valence-electron chi connectivity index (χ1n) is 6.41. The Balaban J connectivity index is 2.18. The predicted molar refractivity (Wildman–Crippen MR) is 81.0 cm³/mol. The van der Waals surface area contributed by atoms with Crippen molar-refractivity contribution >= 4 is 16.6 Å². The Labute approximate surface area is 124 Å². The van der Waals surface area contributed by atoms with Crippen molar-refractivity contribution in [2.24, 2.45) is 0 Å². The molecule has 0 aliphatic carbocycles. The molecular formula is C15H11N3O4. The van der Waals surface area contributed by atoms with Crippen molar-refractivity contribution in [1.82, 2.24) is 9.97 Å². The zero-order valence-corrected chi connectivity index (χ0v) is 11.6.